The van der Waals surface area contributed by atoms with E-state index in [0.717, 1.165) is 21.3 Å². The van der Waals surface area contributed by atoms with Gasteiger partial charge in [-0.05, 0) is 43.5 Å². The molecule has 0 aliphatic carbocycles. The first-order valence-corrected chi connectivity index (χ1v) is 12.4. The number of rotatable bonds is 7. The standard InChI is InChI=1S/C22H27BrN2O4S/c1-16(20-5-3-4-6-21(20)29-2)24-22(26)18-11-13-25(14-12-18)30(27,28)15-17-7-9-19(23)10-8-17/h3-10,16,18H,11-15H2,1-2H3,(H,24,26)/t16-/m1/s1. The number of sulfonamides is 1. The van der Waals surface area contributed by atoms with E-state index in [1.807, 2.05) is 43.3 Å². The van der Waals surface area contributed by atoms with Gasteiger partial charge in [0.2, 0.25) is 15.9 Å². The van der Waals surface area contributed by atoms with E-state index >= 15 is 0 Å². The summed E-state index contributed by atoms with van der Waals surface area (Å²) in [5, 5.41) is 3.05. The molecule has 1 fully saturated rings. The molecule has 1 aliphatic heterocycles. The second-order valence-corrected chi connectivity index (χ2v) is 10.4. The van der Waals surface area contributed by atoms with Crippen molar-refractivity contribution >= 4 is 31.9 Å². The normalized spacial score (nSPS) is 16.8. The number of carbonyl (C=O) groups excluding carboxylic acids is 1. The van der Waals surface area contributed by atoms with Gasteiger partial charge in [-0.3, -0.25) is 4.79 Å². The van der Waals surface area contributed by atoms with Crippen LogP contribution in [0.25, 0.3) is 0 Å². The van der Waals surface area contributed by atoms with Gasteiger partial charge in [0.25, 0.3) is 0 Å². The number of para-hydroxylation sites is 1. The number of hydrogen-bond donors (Lipinski definition) is 1. The van der Waals surface area contributed by atoms with E-state index < -0.39 is 10.0 Å². The summed E-state index contributed by atoms with van der Waals surface area (Å²) in [4.78, 5) is 12.7. The Hall–Kier alpha value is -1.90. The number of hydrogen-bond acceptors (Lipinski definition) is 4. The summed E-state index contributed by atoms with van der Waals surface area (Å²) < 4.78 is 33.3. The quantitative estimate of drug-likeness (QED) is 0.633. The summed E-state index contributed by atoms with van der Waals surface area (Å²) in [7, 11) is -1.79. The van der Waals surface area contributed by atoms with Gasteiger partial charge < -0.3 is 10.1 Å². The molecule has 8 heteroatoms. The van der Waals surface area contributed by atoms with Crippen molar-refractivity contribution < 1.29 is 17.9 Å². The van der Waals surface area contributed by atoms with Gasteiger partial charge in [-0.2, -0.15) is 0 Å². The van der Waals surface area contributed by atoms with Crippen LogP contribution in [-0.4, -0.2) is 38.8 Å². The molecular weight excluding hydrogens is 468 g/mol. The SMILES string of the molecule is COc1ccccc1[C@@H](C)NC(=O)C1CCN(S(=O)(=O)Cc2ccc(Br)cc2)CC1. The van der Waals surface area contributed by atoms with Crippen molar-refractivity contribution in [1.82, 2.24) is 9.62 Å². The molecular formula is C22H27BrN2O4S. The van der Waals surface area contributed by atoms with E-state index in [9.17, 15) is 13.2 Å². The third kappa shape index (κ3) is 5.62. The Kier molecular flexibility index (Phi) is 7.55. The van der Waals surface area contributed by atoms with Gasteiger partial charge in [0.05, 0.1) is 18.9 Å². The molecule has 1 aliphatic rings. The highest BCUT2D eigenvalue weighted by Gasteiger charge is 2.31. The number of piperidine rings is 1. The highest BCUT2D eigenvalue weighted by Crippen LogP contribution is 2.26. The van der Waals surface area contributed by atoms with Crippen LogP contribution in [-0.2, 0) is 20.6 Å². The first-order valence-electron chi connectivity index (χ1n) is 9.95. The van der Waals surface area contributed by atoms with Crippen molar-refractivity contribution in [2.75, 3.05) is 20.2 Å². The number of benzene rings is 2. The first kappa shape index (κ1) is 22.8. The molecule has 1 amide bonds. The molecule has 0 spiro atoms. The van der Waals surface area contributed by atoms with Gasteiger partial charge >= 0.3 is 0 Å². The second-order valence-electron chi connectivity index (χ2n) is 7.53. The fourth-order valence-electron chi connectivity index (χ4n) is 3.71. The van der Waals surface area contributed by atoms with Crippen LogP contribution in [0, 0.1) is 5.92 Å². The zero-order chi connectivity index (χ0) is 21.7. The summed E-state index contributed by atoms with van der Waals surface area (Å²) in [6.45, 7) is 2.65. The molecule has 1 N–H and O–H groups in total. The number of methoxy groups -OCH3 is 1. The van der Waals surface area contributed by atoms with Crippen LogP contribution in [0.4, 0.5) is 0 Å². The minimum Gasteiger partial charge on any atom is -0.496 e. The molecule has 1 heterocycles. The Morgan fingerprint density at radius 2 is 1.80 bits per heavy atom. The van der Waals surface area contributed by atoms with Gasteiger partial charge in [0, 0.05) is 29.0 Å². The van der Waals surface area contributed by atoms with Crippen LogP contribution in [0.5, 0.6) is 5.75 Å². The topological polar surface area (TPSA) is 75.7 Å². The molecule has 0 bridgehead atoms. The van der Waals surface area contributed by atoms with Crippen molar-refractivity contribution in [3.8, 4) is 5.75 Å². The van der Waals surface area contributed by atoms with E-state index in [1.54, 1.807) is 19.2 Å². The number of nitrogens with zero attached hydrogens (tertiary/aromatic N) is 1. The average molecular weight is 495 g/mol. The summed E-state index contributed by atoms with van der Waals surface area (Å²) in [6.07, 6.45) is 1.04. The van der Waals surface area contributed by atoms with Crippen LogP contribution in [0.3, 0.4) is 0 Å². The summed E-state index contributed by atoms with van der Waals surface area (Å²) >= 11 is 3.36. The Labute approximate surface area is 186 Å². The number of amides is 1. The summed E-state index contributed by atoms with van der Waals surface area (Å²) in [5.74, 6) is 0.473. The van der Waals surface area contributed by atoms with Crippen molar-refractivity contribution in [2.45, 2.75) is 31.6 Å². The smallest absolute Gasteiger partial charge is 0.223 e. The van der Waals surface area contributed by atoms with Gasteiger partial charge in [0.15, 0.2) is 0 Å². The third-order valence-electron chi connectivity index (χ3n) is 5.44. The highest BCUT2D eigenvalue weighted by atomic mass is 79.9. The average Bonchev–Trinajstić information content (AvgIpc) is 2.75. The fourth-order valence-corrected chi connectivity index (χ4v) is 5.54. The molecule has 1 atom stereocenters. The Bertz CT molecular complexity index is 971. The predicted molar refractivity (Wildman–Crippen MR) is 121 cm³/mol. The maximum atomic E-state index is 12.7. The summed E-state index contributed by atoms with van der Waals surface area (Å²) in [5.41, 5.74) is 1.67. The Morgan fingerprint density at radius 1 is 1.17 bits per heavy atom. The van der Waals surface area contributed by atoms with E-state index in [-0.39, 0.29) is 23.6 Å². The maximum Gasteiger partial charge on any atom is 0.223 e. The van der Waals surface area contributed by atoms with E-state index in [2.05, 4.69) is 21.2 Å². The van der Waals surface area contributed by atoms with Crippen LogP contribution in [0.1, 0.15) is 36.9 Å². The molecule has 2 aromatic carbocycles. The largest absolute Gasteiger partial charge is 0.496 e. The highest BCUT2D eigenvalue weighted by molar-refractivity contribution is 9.10. The molecule has 0 radical (unpaired) electrons. The third-order valence-corrected chi connectivity index (χ3v) is 7.82. The maximum absolute atomic E-state index is 12.7. The Balaban J connectivity index is 1.55. The van der Waals surface area contributed by atoms with Crippen molar-refractivity contribution in [3.05, 3.63) is 64.1 Å². The minimum atomic E-state index is -3.40. The lowest BCUT2D eigenvalue weighted by molar-refractivity contribution is -0.126. The number of carbonyl (C=O) groups is 1. The minimum absolute atomic E-state index is 0.0258. The van der Waals surface area contributed by atoms with Crippen LogP contribution in [0.15, 0.2) is 53.0 Å². The zero-order valence-corrected chi connectivity index (χ0v) is 19.6. The van der Waals surface area contributed by atoms with Crippen LogP contribution < -0.4 is 10.1 Å². The van der Waals surface area contributed by atoms with Crippen molar-refractivity contribution in [2.24, 2.45) is 5.92 Å². The molecule has 2 aromatic rings. The van der Waals surface area contributed by atoms with Crippen molar-refractivity contribution in [3.63, 3.8) is 0 Å². The molecule has 1 saturated heterocycles. The summed E-state index contributed by atoms with van der Waals surface area (Å²) in [6, 6.07) is 14.7. The fraction of sp³-hybridized carbons (Fsp3) is 0.409. The van der Waals surface area contributed by atoms with Gasteiger partial charge in [-0.15, -0.1) is 0 Å². The monoisotopic (exact) mass is 494 g/mol. The molecule has 0 unspecified atom stereocenters. The van der Waals surface area contributed by atoms with E-state index in [0.29, 0.717) is 25.9 Å². The zero-order valence-electron chi connectivity index (χ0n) is 17.2. The van der Waals surface area contributed by atoms with Crippen molar-refractivity contribution in [1.29, 1.82) is 0 Å². The molecule has 162 valence electrons. The van der Waals surface area contributed by atoms with Gasteiger partial charge in [0.1, 0.15) is 5.75 Å². The number of nitrogens with one attached hydrogen (secondary N) is 1. The van der Waals surface area contributed by atoms with E-state index in [4.69, 9.17) is 4.74 Å². The molecule has 6 nitrogen and oxygen atoms in total. The van der Waals surface area contributed by atoms with E-state index in [1.165, 1.54) is 4.31 Å². The molecule has 30 heavy (non-hydrogen) atoms. The van der Waals surface area contributed by atoms with Gasteiger partial charge in [-0.1, -0.05) is 46.3 Å². The lowest BCUT2D eigenvalue weighted by Crippen LogP contribution is -2.43. The first-order chi connectivity index (χ1) is 14.3. The predicted octanol–water partition coefficient (Wildman–Crippen LogP) is 3.88. The number of halogens is 1. The molecule has 0 aromatic heterocycles. The number of ether oxygens (including phenoxy) is 1. The van der Waals surface area contributed by atoms with Crippen LogP contribution in [0.2, 0.25) is 0 Å². The molecule has 0 saturated carbocycles. The second kappa shape index (κ2) is 9.94. The molecule has 3 rings (SSSR count). The lowest BCUT2D eigenvalue weighted by atomic mass is 9.96. The Morgan fingerprint density at radius 3 is 2.43 bits per heavy atom. The van der Waals surface area contributed by atoms with Gasteiger partial charge in [-0.25, -0.2) is 12.7 Å². The lowest BCUT2D eigenvalue weighted by Gasteiger charge is -2.31. The van der Waals surface area contributed by atoms with Crippen LogP contribution >= 0.6 is 15.9 Å².